The van der Waals surface area contributed by atoms with E-state index in [-0.39, 0.29) is 17.3 Å². The number of sulfone groups is 1. The second-order valence-electron chi connectivity index (χ2n) is 7.68. The average Bonchev–Trinajstić information content (AvgIpc) is 3.22. The van der Waals surface area contributed by atoms with Gasteiger partial charge in [0.1, 0.15) is 17.0 Å². The van der Waals surface area contributed by atoms with Crippen molar-refractivity contribution in [1.29, 1.82) is 0 Å². The number of fused-ring (bicyclic) bond motifs is 1. The summed E-state index contributed by atoms with van der Waals surface area (Å²) in [6.07, 6.45) is 0. The lowest BCUT2D eigenvalue weighted by Gasteiger charge is -2.24. The first-order valence-electron chi connectivity index (χ1n) is 11.1. The molecule has 34 heavy (non-hydrogen) atoms. The molecular formula is C24H32ClN3O4S2. The van der Waals surface area contributed by atoms with Gasteiger partial charge in [-0.1, -0.05) is 48.9 Å². The fourth-order valence-corrected chi connectivity index (χ4v) is 5.70. The summed E-state index contributed by atoms with van der Waals surface area (Å²) in [5.41, 5.74) is 1.64. The highest BCUT2D eigenvalue weighted by Crippen LogP contribution is 2.34. The number of carbonyl (C=O) groups is 1. The summed E-state index contributed by atoms with van der Waals surface area (Å²) in [4.78, 5) is 21.9. The molecule has 0 aliphatic carbocycles. The van der Waals surface area contributed by atoms with Crippen LogP contribution in [0.3, 0.4) is 0 Å². The predicted molar refractivity (Wildman–Crippen MR) is 141 cm³/mol. The molecule has 7 nitrogen and oxygen atoms in total. The quantitative estimate of drug-likeness (QED) is 0.365. The third kappa shape index (κ3) is 6.69. The van der Waals surface area contributed by atoms with Crippen LogP contribution < -0.4 is 9.64 Å². The van der Waals surface area contributed by atoms with Gasteiger partial charge in [-0.3, -0.25) is 9.69 Å². The zero-order chi connectivity index (χ0) is 24.0. The Kier molecular flexibility index (Phi) is 10.3. The van der Waals surface area contributed by atoms with Crippen molar-refractivity contribution in [2.75, 3.05) is 43.4 Å². The molecule has 10 heteroatoms. The Labute approximate surface area is 212 Å². The zero-order valence-electron chi connectivity index (χ0n) is 20.0. The molecule has 0 bridgehead atoms. The number of hydrogen-bond acceptors (Lipinski definition) is 7. The minimum Gasteiger partial charge on any atom is -0.492 e. The van der Waals surface area contributed by atoms with E-state index in [1.807, 2.05) is 32.0 Å². The van der Waals surface area contributed by atoms with Crippen LogP contribution in [0.1, 0.15) is 26.3 Å². The van der Waals surface area contributed by atoms with Crippen molar-refractivity contribution in [3.05, 3.63) is 48.0 Å². The number of likely N-dealkylation sites (N-methyl/N-ethyl adjacent to an activating group) is 1. The van der Waals surface area contributed by atoms with Gasteiger partial charge in [0.25, 0.3) is 0 Å². The lowest BCUT2D eigenvalue weighted by molar-refractivity contribution is -0.116. The topological polar surface area (TPSA) is 79.8 Å². The third-order valence-electron chi connectivity index (χ3n) is 5.43. The molecule has 0 aliphatic rings. The summed E-state index contributed by atoms with van der Waals surface area (Å²) in [5.74, 6) is -0.441. The molecule has 0 saturated carbocycles. The number of benzene rings is 2. The van der Waals surface area contributed by atoms with E-state index >= 15 is 0 Å². The summed E-state index contributed by atoms with van der Waals surface area (Å²) < 4.78 is 32.5. The molecule has 0 atom stereocenters. The smallest absolute Gasteiger partial charge is 0.244 e. The van der Waals surface area contributed by atoms with E-state index in [4.69, 9.17) is 4.74 Å². The molecule has 0 saturated heterocycles. The fourth-order valence-electron chi connectivity index (χ4n) is 3.48. The van der Waals surface area contributed by atoms with Crippen LogP contribution in [0.4, 0.5) is 5.13 Å². The Balaban J connectivity index is 0.00000408. The van der Waals surface area contributed by atoms with Crippen LogP contribution in [0.25, 0.3) is 10.2 Å². The Hall–Kier alpha value is -2.20. The number of anilines is 1. The maximum Gasteiger partial charge on any atom is 0.244 e. The van der Waals surface area contributed by atoms with Gasteiger partial charge in [-0.25, -0.2) is 13.4 Å². The summed E-state index contributed by atoms with van der Waals surface area (Å²) in [5, 5.41) is 0.480. The number of para-hydroxylation sites is 1. The maximum atomic E-state index is 13.3. The van der Waals surface area contributed by atoms with E-state index in [2.05, 4.69) is 23.7 Å². The highest BCUT2D eigenvalue weighted by molar-refractivity contribution is 7.92. The van der Waals surface area contributed by atoms with Gasteiger partial charge >= 0.3 is 0 Å². The first kappa shape index (κ1) is 28.0. The second-order valence-corrected chi connectivity index (χ2v) is 10.7. The minimum absolute atomic E-state index is 0. The molecule has 186 valence electrons. The van der Waals surface area contributed by atoms with Crippen molar-refractivity contribution in [2.45, 2.75) is 32.6 Å². The number of hydrogen-bond donors (Lipinski definition) is 0. The first-order valence-corrected chi connectivity index (χ1v) is 13.6. The van der Waals surface area contributed by atoms with E-state index < -0.39 is 21.5 Å². The lowest BCUT2D eigenvalue weighted by atomic mass is 10.2. The molecule has 1 heterocycles. The number of aryl methyl sites for hydroxylation is 1. The molecule has 1 aromatic heterocycles. The maximum absolute atomic E-state index is 13.3. The molecular weight excluding hydrogens is 494 g/mol. The molecule has 0 N–H and O–H groups in total. The number of amides is 1. The van der Waals surface area contributed by atoms with Gasteiger partial charge in [-0.05, 0) is 51.2 Å². The highest BCUT2D eigenvalue weighted by atomic mass is 35.5. The third-order valence-corrected chi connectivity index (χ3v) is 8.09. The molecule has 3 rings (SSSR count). The van der Waals surface area contributed by atoms with E-state index in [0.29, 0.717) is 36.1 Å². The molecule has 0 unspecified atom stereocenters. The van der Waals surface area contributed by atoms with Crippen LogP contribution in [0.5, 0.6) is 5.75 Å². The summed E-state index contributed by atoms with van der Waals surface area (Å²) in [7, 11) is -3.78. The molecule has 3 aromatic rings. The normalized spacial score (nSPS) is 11.4. The van der Waals surface area contributed by atoms with Crippen LogP contribution in [-0.4, -0.2) is 62.7 Å². The SMILES string of the molecule is CCOc1cccc2sc(N(CCN(CC)CC)C(=O)CS(=O)(=O)c3ccc(C)cc3)nc12.Cl. The van der Waals surface area contributed by atoms with Crippen LogP contribution >= 0.6 is 23.7 Å². The highest BCUT2D eigenvalue weighted by Gasteiger charge is 2.27. The number of nitrogens with zero attached hydrogens (tertiary/aromatic N) is 3. The molecule has 0 aliphatic heterocycles. The van der Waals surface area contributed by atoms with Gasteiger partial charge in [0.05, 0.1) is 16.2 Å². The fraction of sp³-hybridized carbons (Fsp3) is 0.417. The van der Waals surface area contributed by atoms with Crippen molar-refractivity contribution in [1.82, 2.24) is 9.88 Å². The second kappa shape index (κ2) is 12.5. The van der Waals surface area contributed by atoms with Crippen LogP contribution in [0.15, 0.2) is 47.4 Å². The van der Waals surface area contributed by atoms with Gasteiger partial charge in [0.2, 0.25) is 5.91 Å². The van der Waals surface area contributed by atoms with Crippen molar-refractivity contribution in [3.63, 3.8) is 0 Å². The van der Waals surface area contributed by atoms with Crippen molar-refractivity contribution < 1.29 is 17.9 Å². The van der Waals surface area contributed by atoms with Crippen LogP contribution in [0, 0.1) is 6.92 Å². The largest absolute Gasteiger partial charge is 0.492 e. The zero-order valence-corrected chi connectivity index (χ0v) is 22.4. The Morgan fingerprint density at radius 2 is 1.71 bits per heavy atom. The summed E-state index contributed by atoms with van der Waals surface area (Å²) >= 11 is 1.37. The number of halogens is 1. The number of carbonyl (C=O) groups excluding carboxylic acids is 1. The number of aromatic nitrogens is 1. The minimum atomic E-state index is -3.78. The Morgan fingerprint density at radius 3 is 2.32 bits per heavy atom. The van der Waals surface area contributed by atoms with Crippen LogP contribution in [-0.2, 0) is 14.6 Å². The molecule has 0 fully saturated rings. The Morgan fingerprint density at radius 1 is 1.03 bits per heavy atom. The molecule has 0 spiro atoms. The lowest BCUT2D eigenvalue weighted by Crippen LogP contribution is -2.41. The van der Waals surface area contributed by atoms with Gasteiger partial charge in [-0.15, -0.1) is 12.4 Å². The van der Waals surface area contributed by atoms with E-state index in [9.17, 15) is 13.2 Å². The predicted octanol–water partition coefficient (Wildman–Crippen LogP) is 4.57. The first-order chi connectivity index (χ1) is 15.8. The average molecular weight is 526 g/mol. The van der Waals surface area contributed by atoms with Gasteiger partial charge in [0.15, 0.2) is 15.0 Å². The molecule has 1 amide bonds. The van der Waals surface area contributed by atoms with E-state index in [1.54, 1.807) is 24.3 Å². The summed E-state index contributed by atoms with van der Waals surface area (Å²) in [6.45, 7) is 11.1. The van der Waals surface area contributed by atoms with Crippen molar-refractivity contribution in [3.8, 4) is 5.75 Å². The number of thiazole rings is 1. The van der Waals surface area contributed by atoms with Gasteiger partial charge in [0, 0.05) is 13.1 Å². The Bertz CT molecular complexity index is 1190. The molecule has 0 radical (unpaired) electrons. The van der Waals surface area contributed by atoms with Crippen molar-refractivity contribution >= 4 is 54.8 Å². The van der Waals surface area contributed by atoms with Crippen molar-refractivity contribution in [2.24, 2.45) is 0 Å². The monoisotopic (exact) mass is 525 g/mol. The van der Waals surface area contributed by atoms with E-state index in [0.717, 1.165) is 23.4 Å². The van der Waals surface area contributed by atoms with Crippen LogP contribution in [0.2, 0.25) is 0 Å². The standard InChI is InChI=1S/C24H31N3O4S2.ClH/c1-5-26(6-2)15-16-27(22(28)17-33(29,30)19-13-11-18(4)12-14-19)24-25-23-20(31-7-3)9-8-10-21(23)32-24;/h8-14H,5-7,15-17H2,1-4H3;1H. The molecule has 2 aromatic carbocycles. The van der Waals surface area contributed by atoms with Gasteiger partial charge in [-0.2, -0.15) is 0 Å². The van der Waals surface area contributed by atoms with E-state index in [1.165, 1.54) is 16.2 Å². The number of ether oxygens (including phenoxy) is 1. The number of rotatable bonds is 11. The summed E-state index contributed by atoms with van der Waals surface area (Å²) in [6, 6.07) is 12.2. The van der Waals surface area contributed by atoms with Gasteiger partial charge < -0.3 is 9.64 Å².